The van der Waals surface area contributed by atoms with Crippen LogP contribution in [0.4, 0.5) is 0 Å². The normalized spacial score (nSPS) is 25.2. The predicted octanol–water partition coefficient (Wildman–Crippen LogP) is -0.362. The second-order valence-corrected chi connectivity index (χ2v) is 1.27. The Kier molecular flexibility index (Phi) is 1.13. The molecule has 1 unspecified atom stereocenters. The fourth-order valence-corrected chi connectivity index (χ4v) is 0.383. The molecular weight excluding hydrogens is 112 g/mol. The van der Waals surface area contributed by atoms with E-state index in [0.717, 1.165) is 0 Å². The molecule has 1 aliphatic heterocycles. The van der Waals surface area contributed by atoms with Crippen molar-refractivity contribution in [2.75, 3.05) is 0 Å². The minimum atomic E-state index is -1.00. The highest BCUT2D eigenvalue weighted by Gasteiger charge is 2.19. The Morgan fingerprint density at radius 1 is 1.88 bits per heavy atom. The Bertz CT molecular complexity index is 132. The van der Waals surface area contributed by atoms with E-state index < -0.39 is 11.2 Å². The molecule has 1 N–H and O–H groups in total. The summed E-state index contributed by atoms with van der Waals surface area (Å²) in [6, 6.07) is 0. The molecule has 1 aliphatic rings. The molecule has 0 saturated carbocycles. The van der Waals surface area contributed by atoms with Crippen LogP contribution in [-0.2, 0) is 4.84 Å². The smallest absolute Gasteiger partial charge is 0.267 e. The van der Waals surface area contributed by atoms with Gasteiger partial charge in [0.1, 0.15) is 0 Å². The molecule has 1 rings (SSSR count). The number of hydroxylamine groups is 1. The van der Waals surface area contributed by atoms with Crippen LogP contribution < -0.4 is 5.48 Å². The zero-order valence-corrected chi connectivity index (χ0v) is 3.90. The minimum Gasteiger partial charge on any atom is -0.267 e. The number of hydrogen-bond donors (Lipinski definition) is 1. The lowest BCUT2D eigenvalue weighted by molar-refractivity contribution is -0.562. The summed E-state index contributed by atoms with van der Waals surface area (Å²) in [6.07, 6.45) is 1.70. The third-order valence-electron chi connectivity index (χ3n) is 0.725. The van der Waals surface area contributed by atoms with Crippen LogP contribution in [0.15, 0.2) is 12.3 Å². The average Bonchev–Trinajstić information content (AvgIpc) is 2.12. The quantitative estimate of drug-likeness (QED) is 0.375. The Balaban J connectivity index is 2.48. The molecule has 0 spiro atoms. The number of nitrogens with one attached hydrogen (secondary N) is 1. The molecule has 5 heteroatoms. The van der Waals surface area contributed by atoms with Crippen molar-refractivity contribution < 1.29 is 9.76 Å². The lowest BCUT2D eigenvalue weighted by atomic mass is 10.6. The van der Waals surface area contributed by atoms with Crippen LogP contribution in [0, 0.1) is 10.1 Å². The average molecular weight is 116 g/mol. The molecule has 0 aromatic rings. The largest absolute Gasteiger partial charge is 0.356 e. The highest BCUT2D eigenvalue weighted by Crippen LogP contribution is 1.97. The third-order valence-corrected chi connectivity index (χ3v) is 0.725. The molecule has 0 amide bonds. The molecule has 0 radical (unpaired) electrons. The van der Waals surface area contributed by atoms with Crippen LogP contribution in [0.2, 0.25) is 0 Å². The zero-order valence-electron chi connectivity index (χ0n) is 3.90. The van der Waals surface area contributed by atoms with Crippen molar-refractivity contribution >= 4 is 0 Å². The van der Waals surface area contributed by atoms with Gasteiger partial charge in [0.25, 0.3) is 0 Å². The first-order valence-corrected chi connectivity index (χ1v) is 2.02. The summed E-state index contributed by atoms with van der Waals surface area (Å²) >= 11 is 0. The van der Waals surface area contributed by atoms with Gasteiger partial charge in [0, 0.05) is 12.3 Å². The maximum Gasteiger partial charge on any atom is 0.356 e. The lowest BCUT2D eigenvalue weighted by Crippen LogP contribution is -2.19. The first-order chi connectivity index (χ1) is 3.80. The highest BCUT2D eigenvalue weighted by atomic mass is 16.7. The maximum absolute atomic E-state index is 9.79. The van der Waals surface area contributed by atoms with E-state index in [1.165, 1.54) is 12.3 Å². The topological polar surface area (TPSA) is 64.4 Å². The Hall–Kier alpha value is -1.10. The summed E-state index contributed by atoms with van der Waals surface area (Å²) in [4.78, 5) is 13.6. The van der Waals surface area contributed by atoms with E-state index in [2.05, 4.69) is 10.3 Å². The standard InChI is InChI=1S/C3H4N2O3/c6-5(7)3-1-2-4-8-3/h1-4H. The van der Waals surface area contributed by atoms with Crippen LogP contribution in [0.3, 0.4) is 0 Å². The summed E-state index contributed by atoms with van der Waals surface area (Å²) in [5, 5.41) is 9.79. The number of nitro groups is 1. The van der Waals surface area contributed by atoms with Crippen molar-refractivity contribution in [2.45, 2.75) is 6.23 Å². The van der Waals surface area contributed by atoms with Crippen molar-refractivity contribution in [3.63, 3.8) is 0 Å². The molecule has 0 aromatic heterocycles. The summed E-state index contributed by atoms with van der Waals surface area (Å²) in [5.74, 6) is 0. The fraction of sp³-hybridized carbons (Fsp3) is 0.333. The molecule has 1 atom stereocenters. The third kappa shape index (κ3) is 0.760. The van der Waals surface area contributed by atoms with Crippen molar-refractivity contribution in [3.05, 3.63) is 22.4 Å². The van der Waals surface area contributed by atoms with Gasteiger partial charge in [-0.15, -0.1) is 0 Å². The van der Waals surface area contributed by atoms with Gasteiger partial charge in [-0.2, -0.15) is 4.84 Å². The fourth-order valence-electron chi connectivity index (χ4n) is 0.383. The number of hydrogen-bond acceptors (Lipinski definition) is 4. The van der Waals surface area contributed by atoms with E-state index in [-0.39, 0.29) is 0 Å². The van der Waals surface area contributed by atoms with E-state index in [1.807, 2.05) is 0 Å². The predicted molar refractivity (Wildman–Crippen MR) is 24.1 cm³/mol. The molecule has 0 bridgehead atoms. The van der Waals surface area contributed by atoms with Gasteiger partial charge in [0.2, 0.25) is 0 Å². The molecule has 0 aromatic carbocycles. The van der Waals surface area contributed by atoms with E-state index in [4.69, 9.17) is 0 Å². The van der Waals surface area contributed by atoms with Gasteiger partial charge in [-0.25, -0.2) is 0 Å². The summed E-state index contributed by atoms with van der Waals surface area (Å²) in [5.41, 5.74) is 2.23. The van der Waals surface area contributed by atoms with Gasteiger partial charge in [0.15, 0.2) is 0 Å². The van der Waals surface area contributed by atoms with Crippen LogP contribution in [-0.4, -0.2) is 11.2 Å². The van der Waals surface area contributed by atoms with Gasteiger partial charge in [-0.1, -0.05) is 0 Å². The van der Waals surface area contributed by atoms with Crippen molar-refractivity contribution in [2.24, 2.45) is 0 Å². The summed E-state index contributed by atoms with van der Waals surface area (Å²) in [7, 11) is 0. The molecule has 0 saturated heterocycles. The Labute approximate surface area is 45.0 Å². The molecule has 1 heterocycles. The van der Waals surface area contributed by atoms with Crippen LogP contribution >= 0.6 is 0 Å². The minimum absolute atomic E-state index is 0.531. The molecule has 8 heavy (non-hydrogen) atoms. The Morgan fingerprint density at radius 3 is 2.88 bits per heavy atom. The number of rotatable bonds is 1. The Morgan fingerprint density at radius 2 is 2.62 bits per heavy atom. The van der Waals surface area contributed by atoms with Crippen LogP contribution in [0.1, 0.15) is 0 Å². The van der Waals surface area contributed by atoms with Gasteiger partial charge in [0.05, 0.1) is 4.92 Å². The molecule has 0 aliphatic carbocycles. The lowest BCUT2D eigenvalue weighted by Gasteiger charge is -1.94. The highest BCUT2D eigenvalue weighted by molar-refractivity contribution is 4.84. The second-order valence-electron chi connectivity index (χ2n) is 1.27. The van der Waals surface area contributed by atoms with Crippen LogP contribution in [0.5, 0.6) is 0 Å². The van der Waals surface area contributed by atoms with Crippen molar-refractivity contribution in [1.82, 2.24) is 5.48 Å². The van der Waals surface area contributed by atoms with Gasteiger partial charge < -0.3 is 0 Å². The second kappa shape index (κ2) is 1.79. The van der Waals surface area contributed by atoms with Gasteiger partial charge in [-0.05, 0) is 0 Å². The van der Waals surface area contributed by atoms with Gasteiger partial charge >= 0.3 is 6.23 Å². The SMILES string of the molecule is O=[N+]([O-])C1C=CNO1. The van der Waals surface area contributed by atoms with E-state index in [9.17, 15) is 10.1 Å². The van der Waals surface area contributed by atoms with Crippen LogP contribution in [0.25, 0.3) is 0 Å². The number of nitrogens with zero attached hydrogens (tertiary/aromatic N) is 1. The molecular formula is C3H4N2O3. The van der Waals surface area contributed by atoms with E-state index in [0.29, 0.717) is 0 Å². The van der Waals surface area contributed by atoms with E-state index in [1.54, 1.807) is 0 Å². The van der Waals surface area contributed by atoms with Gasteiger partial charge in [-0.3, -0.25) is 15.6 Å². The first kappa shape index (κ1) is 5.04. The molecule has 5 nitrogen and oxygen atoms in total. The summed E-state index contributed by atoms with van der Waals surface area (Å²) < 4.78 is 0. The van der Waals surface area contributed by atoms with Crippen molar-refractivity contribution in [1.29, 1.82) is 0 Å². The van der Waals surface area contributed by atoms with E-state index >= 15 is 0 Å². The first-order valence-electron chi connectivity index (χ1n) is 2.02. The zero-order chi connectivity index (χ0) is 5.98. The summed E-state index contributed by atoms with van der Waals surface area (Å²) in [6.45, 7) is 0. The maximum atomic E-state index is 9.79. The molecule has 0 fully saturated rings. The monoisotopic (exact) mass is 116 g/mol. The van der Waals surface area contributed by atoms with Crippen molar-refractivity contribution in [3.8, 4) is 0 Å². The molecule has 44 valence electrons.